The zero-order chi connectivity index (χ0) is 28.7. The van der Waals surface area contributed by atoms with Crippen LogP contribution >= 0.6 is 0 Å². The molecule has 212 valence electrons. The number of ether oxygens (including phenoxy) is 1. The van der Waals surface area contributed by atoms with Crippen molar-refractivity contribution in [3.05, 3.63) is 90.0 Å². The summed E-state index contributed by atoms with van der Waals surface area (Å²) in [4.78, 5) is 28.8. The van der Waals surface area contributed by atoms with Crippen LogP contribution in [-0.2, 0) is 26.2 Å². The number of methoxy groups -OCH3 is 1. The van der Waals surface area contributed by atoms with Gasteiger partial charge < -0.3 is 15.0 Å². The second kappa shape index (κ2) is 13.0. The van der Waals surface area contributed by atoms with E-state index in [1.807, 2.05) is 25.1 Å². The van der Waals surface area contributed by atoms with E-state index in [1.54, 1.807) is 62.6 Å². The summed E-state index contributed by atoms with van der Waals surface area (Å²) < 4.78 is 34.0. The second-order valence-electron chi connectivity index (χ2n) is 10.2. The van der Waals surface area contributed by atoms with Crippen LogP contribution in [0.3, 0.4) is 0 Å². The molecule has 4 rings (SSSR count). The molecular formula is C31H37N3O5S. The molecule has 3 aromatic rings. The van der Waals surface area contributed by atoms with Crippen LogP contribution in [0.15, 0.2) is 83.8 Å². The Balaban J connectivity index is 1.67. The summed E-state index contributed by atoms with van der Waals surface area (Å²) in [7, 11) is -2.50. The molecule has 0 heterocycles. The summed E-state index contributed by atoms with van der Waals surface area (Å²) in [6, 6.07) is 21.6. The minimum atomic E-state index is -4.08. The van der Waals surface area contributed by atoms with Gasteiger partial charge in [-0.1, -0.05) is 55.3 Å². The fourth-order valence-electron chi connectivity index (χ4n) is 4.93. The number of rotatable bonds is 11. The van der Waals surface area contributed by atoms with E-state index in [2.05, 4.69) is 5.32 Å². The predicted octanol–water partition coefficient (Wildman–Crippen LogP) is 4.68. The molecule has 0 aliphatic heterocycles. The quantitative estimate of drug-likeness (QED) is 0.366. The van der Waals surface area contributed by atoms with Crippen LogP contribution in [0.4, 0.5) is 5.69 Å². The highest BCUT2D eigenvalue weighted by Gasteiger charge is 2.33. The zero-order valence-electron chi connectivity index (χ0n) is 23.2. The van der Waals surface area contributed by atoms with Gasteiger partial charge in [-0.15, -0.1) is 0 Å². The van der Waals surface area contributed by atoms with E-state index in [9.17, 15) is 18.0 Å². The number of anilines is 1. The first kappa shape index (κ1) is 29.1. The van der Waals surface area contributed by atoms with Crippen LogP contribution in [0.5, 0.6) is 5.75 Å². The lowest BCUT2D eigenvalue weighted by atomic mass is 10.1. The molecule has 0 aromatic heterocycles. The van der Waals surface area contributed by atoms with E-state index < -0.39 is 28.5 Å². The number of hydrogen-bond acceptors (Lipinski definition) is 5. The number of aryl methyl sites for hydroxylation is 1. The number of nitrogens with one attached hydrogen (secondary N) is 1. The number of nitrogens with zero attached hydrogens (tertiary/aromatic N) is 2. The Hall–Kier alpha value is -3.85. The lowest BCUT2D eigenvalue weighted by Gasteiger charge is -2.32. The Morgan fingerprint density at radius 1 is 0.975 bits per heavy atom. The van der Waals surface area contributed by atoms with Crippen molar-refractivity contribution >= 4 is 27.5 Å². The van der Waals surface area contributed by atoms with Crippen molar-refractivity contribution in [3.63, 3.8) is 0 Å². The van der Waals surface area contributed by atoms with E-state index >= 15 is 0 Å². The third-order valence-corrected chi connectivity index (χ3v) is 9.07. The Bertz CT molecular complexity index is 1400. The highest BCUT2D eigenvalue weighted by atomic mass is 32.2. The topological polar surface area (TPSA) is 96.0 Å². The minimum Gasteiger partial charge on any atom is -0.497 e. The average molecular weight is 564 g/mol. The molecule has 8 nitrogen and oxygen atoms in total. The van der Waals surface area contributed by atoms with Crippen LogP contribution < -0.4 is 14.4 Å². The number of carbonyl (C=O) groups excluding carboxylic acids is 2. The molecule has 0 unspecified atom stereocenters. The molecular weight excluding hydrogens is 526 g/mol. The van der Waals surface area contributed by atoms with E-state index in [1.165, 1.54) is 17.0 Å². The maximum atomic E-state index is 14.0. The monoisotopic (exact) mass is 563 g/mol. The molecule has 1 aliphatic rings. The number of benzene rings is 3. The van der Waals surface area contributed by atoms with Gasteiger partial charge in [0.2, 0.25) is 11.8 Å². The molecule has 0 saturated heterocycles. The Morgan fingerprint density at radius 3 is 2.27 bits per heavy atom. The van der Waals surface area contributed by atoms with Crippen molar-refractivity contribution in [3.8, 4) is 5.75 Å². The van der Waals surface area contributed by atoms with Crippen molar-refractivity contribution in [1.82, 2.24) is 10.2 Å². The summed E-state index contributed by atoms with van der Waals surface area (Å²) >= 11 is 0. The molecule has 9 heteroatoms. The largest absolute Gasteiger partial charge is 0.497 e. The lowest BCUT2D eigenvalue weighted by Crippen LogP contribution is -2.52. The molecule has 0 radical (unpaired) electrons. The van der Waals surface area contributed by atoms with Crippen molar-refractivity contribution in [2.45, 2.75) is 63.1 Å². The Kier molecular flexibility index (Phi) is 9.47. The fourth-order valence-corrected chi connectivity index (χ4v) is 6.36. The van der Waals surface area contributed by atoms with Crippen LogP contribution in [0.25, 0.3) is 0 Å². The highest BCUT2D eigenvalue weighted by molar-refractivity contribution is 7.92. The van der Waals surface area contributed by atoms with E-state index in [0.29, 0.717) is 11.4 Å². The number of hydrogen-bond donors (Lipinski definition) is 1. The smallest absolute Gasteiger partial charge is 0.264 e. The van der Waals surface area contributed by atoms with Crippen molar-refractivity contribution in [1.29, 1.82) is 0 Å². The summed E-state index contributed by atoms with van der Waals surface area (Å²) in [5.41, 5.74) is 2.03. The SMILES string of the molecule is COc1ccc(CN(C(=O)CN(c2cccc(C)c2)S(=O)(=O)c2ccccc2)[C@@H](C)C(=O)NC2CCCC2)cc1. The van der Waals surface area contributed by atoms with Crippen LogP contribution in [0.2, 0.25) is 0 Å². The minimum absolute atomic E-state index is 0.0815. The molecule has 1 saturated carbocycles. The summed E-state index contributed by atoms with van der Waals surface area (Å²) in [5.74, 6) is -0.0547. The lowest BCUT2D eigenvalue weighted by molar-refractivity contribution is -0.139. The summed E-state index contributed by atoms with van der Waals surface area (Å²) in [6.07, 6.45) is 3.97. The first-order valence-electron chi connectivity index (χ1n) is 13.6. The molecule has 1 N–H and O–H groups in total. The van der Waals surface area contributed by atoms with Gasteiger partial charge in [-0.25, -0.2) is 8.42 Å². The maximum Gasteiger partial charge on any atom is 0.264 e. The van der Waals surface area contributed by atoms with Gasteiger partial charge in [0.1, 0.15) is 18.3 Å². The van der Waals surface area contributed by atoms with E-state index in [4.69, 9.17) is 4.74 Å². The van der Waals surface area contributed by atoms with Crippen LogP contribution in [0.1, 0.15) is 43.7 Å². The van der Waals surface area contributed by atoms with Gasteiger partial charge >= 0.3 is 0 Å². The molecule has 1 fully saturated rings. The van der Waals surface area contributed by atoms with Crippen molar-refractivity contribution in [2.24, 2.45) is 0 Å². The third-order valence-electron chi connectivity index (χ3n) is 7.28. The van der Waals surface area contributed by atoms with Gasteiger partial charge in [0, 0.05) is 12.6 Å². The normalized spacial score (nSPS) is 14.4. The van der Waals surface area contributed by atoms with Crippen molar-refractivity contribution in [2.75, 3.05) is 18.0 Å². The summed E-state index contributed by atoms with van der Waals surface area (Å²) in [5, 5.41) is 3.08. The number of carbonyl (C=O) groups is 2. The first-order chi connectivity index (χ1) is 19.2. The molecule has 0 bridgehead atoms. The predicted molar refractivity (Wildman–Crippen MR) is 156 cm³/mol. The molecule has 40 heavy (non-hydrogen) atoms. The van der Waals surface area contributed by atoms with Crippen LogP contribution in [-0.4, -0.2) is 50.9 Å². The van der Waals surface area contributed by atoms with E-state index in [-0.39, 0.29) is 23.4 Å². The number of amides is 2. The third kappa shape index (κ3) is 7.01. The standard InChI is InChI=1S/C31H37N3O5S/c1-23-10-9-13-27(20-23)34(40(37,38)29-14-5-4-6-15-29)22-30(35)33(21-25-16-18-28(39-3)19-17-25)24(2)31(36)32-26-11-7-8-12-26/h4-6,9-10,13-20,24,26H,7-8,11-12,21-22H2,1-3H3,(H,32,36)/t24-/m0/s1. The van der Waals surface area contributed by atoms with Gasteiger partial charge in [0.25, 0.3) is 10.0 Å². The van der Waals surface area contributed by atoms with Gasteiger partial charge in [-0.3, -0.25) is 13.9 Å². The molecule has 2 amide bonds. The zero-order valence-corrected chi connectivity index (χ0v) is 24.1. The second-order valence-corrected chi connectivity index (χ2v) is 12.1. The fraction of sp³-hybridized carbons (Fsp3) is 0.355. The van der Waals surface area contributed by atoms with E-state index in [0.717, 1.165) is 41.1 Å². The highest BCUT2D eigenvalue weighted by Crippen LogP contribution is 2.26. The molecule has 3 aromatic carbocycles. The molecule has 1 atom stereocenters. The van der Waals surface area contributed by atoms with Crippen LogP contribution in [0, 0.1) is 6.92 Å². The Morgan fingerprint density at radius 2 is 1.65 bits per heavy atom. The van der Waals surface area contributed by atoms with Gasteiger partial charge in [0.15, 0.2) is 0 Å². The molecule has 0 spiro atoms. The van der Waals surface area contributed by atoms with Gasteiger partial charge in [-0.2, -0.15) is 0 Å². The average Bonchev–Trinajstić information content (AvgIpc) is 3.48. The van der Waals surface area contributed by atoms with Gasteiger partial charge in [-0.05, 0) is 74.2 Å². The first-order valence-corrected chi connectivity index (χ1v) is 15.0. The summed E-state index contributed by atoms with van der Waals surface area (Å²) in [6.45, 7) is 3.23. The Labute approximate surface area is 237 Å². The maximum absolute atomic E-state index is 14.0. The van der Waals surface area contributed by atoms with Gasteiger partial charge in [0.05, 0.1) is 17.7 Å². The molecule has 1 aliphatic carbocycles. The van der Waals surface area contributed by atoms with Crippen molar-refractivity contribution < 1.29 is 22.7 Å². The number of sulfonamides is 1.